The van der Waals surface area contributed by atoms with Gasteiger partial charge in [0.05, 0.1) is 18.2 Å². The van der Waals surface area contributed by atoms with Crippen molar-refractivity contribution in [3.05, 3.63) is 29.5 Å². The standard InChI is InChI=1S/C14H16N4O2S/c19-13(10-3-7-20-8-10)17-6-2-11-9-21-14(18-11)12-15-4-1-5-16-12/h1,4-5,9-10H,2-3,6-8H2,(H,17,19). The molecule has 0 bridgehead atoms. The third-order valence-electron chi connectivity index (χ3n) is 3.29. The summed E-state index contributed by atoms with van der Waals surface area (Å²) in [6.07, 6.45) is 4.93. The Labute approximate surface area is 126 Å². The summed E-state index contributed by atoms with van der Waals surface area (Å²) in [5.74, 6) is 0.726. The monoisotopic (exact) mass is 304 g/mol. The predicted octanol–water partition coefficient (Wildman–Crippen LogP) is 1.30. The third kappa shape index (κ3) is 3.62. The molecule has 1 fully saturated rings. The lowest BCUT2D eigenvalue weighted by Crippen LogP contribution is -2.32. The van der Waals surface area contributed by atoms with E-state index < -0.39 is 0 Å². The highest BCUT2D eigenvalue weighted by Crippen LogP contribution is 2.19. The number of thiazole rings is 1. The van der Waals surface area contributed by atoms with Gasteiger partial charge in [-0.15, -0.1) is 11.3 Å². The molecule has 7 heteroatoms. The first-order valence-electron chi connectivity index (χ1n) is 6.90. The molecule has 1 aliphatic heterocycles. The Hall–Kier alpha value is -1.86. The molecule has 2 aromatic heterocycles. The molecular formula is C14H16N4O2S. The van der Waals surface area contributed by atoms with Gasteiger partial charge >= 0.3 is 0 Å². The minimum absolute atomic E-state index is 0.00807. The molecular weight excluding hydrogens is 288 g/mol. The fraction of sp³-hybridized carbons (Fsp3) is 0.429. The summed E-state index contributed by atoms with van der Waals surface area (Å²) < 4.78 is 5.21. The number of carbonyl (C=O) groups excluding carboxylic acids is 1. The zero-order valence-electron chi connectivity index (χ0n) is 11.5. The molecule has 0 radical (unpaired) electrons. The van der Waals surface area contributed by atoms with Crippen LogP contribution < -0.4 is 5.32 Å². The van der Waals surface area contributed by atoms with Crippen LogP contribution in [-0.4, -0.2) is 40.6 Å². The van der Waals surface area contributed by atoms with Crippen molar-refractivity contribution in [3.63, 3.8) is 0 Å². The Morgan fingerprint density at radius 1 is 1.43 bits per heavy atom. The average Bonchev–Trinajstić information content (AvgIpc) is 3.20. The van der Waals surface area contributed by atoms with Crippen LogP contribution in [0.2, 0.25) is 0 Å². The van der Waals surface area contributed by atoms with Crippen LogP contribution in [0.1, 0.15) is 12.1 Å². The van der Waals surface area contributed by atoms with E-state index in [1.54, 1.807) is 18.5 Å². The normalized spacial score (nSPS) is 17.8. The van der Waals surface area contributed by atoms with E-state index in [4.69, 9.17) is 4.74 Å². The molecule has 1 saturated heterocycles. The minimum Gasteiger partial charge on any atom is -0.381 e. The highest BCUT2D eigenvalue weighted by molar-refractivity contribution is 7.13. The number of nitrogens with one attached hydrogen (secondary N) is 1. The molecule has 1 aliphatic rings. The summed E-state index contributed by atoms with van der Waals surface area (Å²) in [6, 6.07) is 1.78. The second kappa shape index (κ2) is 6.73. The number of ether oxygens (including phenoxy) is 1. The maximum absolute atomic E-state index is 11.8. The van der Waals surface area contributed by atoms with E-state index in [-0.39, 0.29) is 11.8 Å². The van der Waals surface area contributed by atoms with Gasteiger partial charge in [0.25, 0.3) is 0 Å². The lowest BCUT2D eigenvalue weighted by Gasteiger charge is -2.08. The molecule has 21 heavy (non-hydrogen) atoms. The second-order valence-corrected chi connectivity index (χ2v) is 5.68. The number of hydrogen-bond acceptors (Lipinski definition) is 6. The van der Waals surface area contributed by atoms with Gasteiger partial charge in [-0.2, -0.15) is 0 Å². The summed E-state index contributed by atoms with van der Waals surface area (Å²) in [5.41, 5.74) is 0.949. The molecule has 1 atom stereocenters. The van der Waals surface area contributed by atoms with E-state index in [9.17, 15) is 4.79 Å². The third-order valence-corrected chi connectivity index (χ3v) is 4.18. The highest BCUT2D eigenvalue weighted by atomic mass is 32.1. The number of aromatic nitrogens is 3. The molecule has 0 saturated carbocycles. The lowest BCUT2D eigenvalue weighted by atomic mass is 10.1. The Morgan fingerprint density at radius 2 is 2.29 bits per heavy atom. The van der Waals surface area contributed by atoms with Crippen LogP contribution in [0, 0.1) is 5.92 Å². The van der Waals surface area contributed by atoms with Gasteiger partial charge in [0.2, 0.25) is 5.91 Å². The van der Waals surface area contributed by atoms with Gasteiger partial charge in [0, 0.05) is 37.3 Å². The first kappa shape index (κ1) is 14.1. The lowest BCUT2D eigenvalue weighted by molar-refractivity contribution is -0.124. The molecule has 3 rings (SSSR count). The average molecular weight is 304 g/mol. The molecule has 1 N–H and O–H groups in total. The van der Waals surface area contributed by atoms with Crippen LogP contribution in [0.25, 0.3) is 10.8 Å². The van der Waals surface area contributed by atoms with Crippen molar-refractivity contribution in [2.75, 3.05) is 19.8 Å². The fourth-order valence-electron chi connectivity index (χ4n) is 2.13. The van der Waals surface area contributed by atoms with Crippen molar-refractivity contribution in [1.82, 2.24) is 20.3 Å². The first-order valence-corrected chi connectivity index (χ1v) is 7.78. The van der Waals surface area contributed by atoms with Crippen molar-refractivity contribution in [1.29, 1.82) is 0 Å². The highest BCUT2D eigenvalue weighted by Gasteiger charge is 2.22. The second-order valence-electron chi connectivity index (χ2n) is 4.82. The predicted molar refractivity (Wildman–Crippen MR) is 78.8 cm³/mol. The number of amides is 1. The maximum atomic E-state index is 11.8. The zero-order valence-corrected chi connectivity index (χ0v) is 12.3. The molecule has 0 aromatic carbocycles. The zero-order chi connectivity index (χ0) is 14.5. The quantitative estimate of drug-likeness (QED) is 0.901. The van der Waals surface area contributed by atoms with E-state index in [0.717, 1.165) is 17.1 Å². The Bertz CT molecular complexity index is 596. The van der Waals surface area contributed by atoms with E-state index in [1.807, 2.05) is 5.38 Å². The van der Waals surface area contributed by atoms with Gasteiger partial charge in [-0.1, -0.05) is 0 Å². The van der Waals surface area contributed by atoms with Gasteiger partial charge in [-0.05, 0) is 12.5 Å². The Kier molecular flexibility index (Phi) is 4.52. The maximum Gasteiger partial charge on any atom is 0.225 e. The van der Waals surface area contributed by atoms with Crippen LogP contribution in [-0.2, 0) is 16.0 Å². The number of carbonyl (C=O) groups is 1. The van der Waals surface area contributed by atoms with Crippen molar-refractivity contribution in [2.45, 2.75) is 12.8 Å². The van der Waals surface area contributed by atoms with Crippen molar-refractivity contribution in [3.8, 4) is 10.8 Å². The summed E-state index contributed by atoms with van der Waals surface area (Å²) in [6.45, 7) is 1.82. The van der Waals surface area contributed by atoms with Crippen molar-refractivity contribution in [2.24, 2.45) is 5.92 Å². The van der Waals surface area contributed by atoms with Crippen molar-refractivity contribution >= 4 is 17.2 Å². The fourth-order valence-corrected chi connectivity index (χ4v) is 2.93. The largest absolute Gasteiger partial charge is 0.381 e. The van der Waals surface area contributed by atoms with Gasteiger partial charge in [-0.25, -0.2) is 15.0 Å². The summed E-state index contributed by atoms with van der Waals surface area (Å²) in [4.78, 5) is 24.7. The smallest absolute Gasteiger partial charge is 0.225 e. The topological polar surface area (TPSA) is 77.0 Å². The summed E-state index contributed by atoms with van der Waals surface area (Å²) in [7, 11) is 0. The van der Waals surface area contributed by atoms with E-state index in [0.29, 0.717) is 32.0 Å². The van der Waals surface area contributed by atoms with Crippen LogP contribution >= 0.6 is 11.3 Å². The van der Waals surface area contributed by atoms with E-state index >= 15 is 0 Å². The van der Waals surface area contributed by atoms with Crippen LogP contribution in [0.15, 0.2) is 23.8 Å². The molecule has 0 spiro atoms. The van der Waals surface area contributed by atoms with Crippen LogP contribution in [0.4, 0.5) is 0 Å². The van der Waals surface area contributed by atoms with E-state index in [2.05, 4.69) is 20.3 Å². The molecule has 2 aromatic rings. The van der Waals surface area contributed by atoms with Crippen LogP contribution in [0.5, 0.6) is 0 Å². The molecule has 1 amide bonds. The Balaban J connectivity index is 1.50. The van der Waals surface area contributed by atoms with Gasteiger partial charge in [-0.3, -0.25) is 4.79 Å². The van der Waals surface area contributed by atoms with Gasteiger partial charge < -0.3 is 10.1 Å². The van der Waals surface area contributed by atoms with E-state index in [1.165, 1.54) is 11.3 Å². The number of nitrogens with zero attached hydrogens (tertiary/aromatic N) is 3. The molecule has 0 aliphatic carbocycles. The SMILES string of the molecule is O=C(NCCc1csc(-c2ncccn2)n1)C1CCOC1. The van der Waals surface area contributed by atoms with Crippen molar-refractivity contribution < 1.29 is 9.53 Å². The molecule has 3 heterocycles. The Morgan fingerprint density at radius 3 is 3.05 bits per heavy atom. The molecule has 110 valence electrons. The molecule has 6 nitrogen and oxygen atoms in total. The number of rotatable bonds is 5. The summed E-state index contributed by atoms with van der Waals surface area (Å²) >= 11 is 1.52. The first-order chi connectivity index (χ1) is 10.3. The van der Waals surface area contributed by atoms with Crippen LogP contribution in [0.3, 0.4) is 0 Å². The molecule has 1 unspecified atom stereocenters. The minimum atomic E-state index is 0.00807. The number of hydrogen-bond donors (Lipinski definition) is 1. The summed E-state index contributed by atoms with van der Waals surface area (Å²) in [5, 5.41) is 5.73. The van der Waals surface area contributed by atoms with Gasteiger partial charge in [0.1, 0.15) is 0 Å². The van der Waals surface area contributed by atoms with Gasteiger partial charge in [0.15, 0.2) is 10.8 Å².